The number of fused-ring (bicyclic) bond motifs is 7. The minimum absolute atomic E-state index is 1.14. The Bertz CT molecular complexity index is 2670. The van der Waals surface area contributed by atoms with Crippen molar-refractivity contribution in [3.8, 4) is 27.9 Å². The van der Waals surface area contributed by atoms with Gasteiger partial charge in [0, 0.05) is 16.5 Å². The Kier molecular flexibility index (Phi) is 6.59. The minimum Gasteiger partial charge on any atom is -0.309 e. The van der Waals surface area contributed by atoms with Crippen molar-refractivity contribution in [1.29, 1.82) is 0 Å². The van der Waals surface area contributed by atoms with Gasteiger partial charge in [0.1, 0.15) is 0 Å². The average Bonchev–Trinajstić information content (AvgIpc) is 3.48. The van der Waals surface area contributed by atoms with Crippen molar-refractivity contribution >= 4 is 66.3 Å². The summed E-state index contributed by atoms with van der Waals surface area (Å²) in [6.45, 7) is 6.39. The fourth-order valence-corrected chi connectivity index (χ4v) is 7.94. The molecule has 0 spiro atoms. The third kappa shape index (κ3) is 4.11. The molecule has 0 aliphatic heterocycles. The van der Waals surface area contributed by atoms with E-state index >= 15 is 0 Å². The van der Waals surface area contributed by atoms with E-state index < -0.39 is 0 Å². The van der Waals surface area contributed by atoms with Gasteiger partial charge in [0.25, 0.3) is 0 Å². The summed E-state index contributed by atoms with van der Waals surface area (Å²) >= 11 is 0. The van der Waals surface area contributed by atoms with E-state index in [9.17, 15) is 0 Å². The number of nitrogens with zero attached hydrogens (tertiary/aromatic N) is 1. The van der Waals surface area contributed by atoms with Gasteiger partial charge >= 0.3 is 0 Å². The van der Waals surface area contributed by atoms with Crippen LogP contribution in [0.1, 0.15) is 18.1 Å². The molecule has 0 fully saturated rings. The second kappa shape index (κ2) is 11.3. The number of allylic oxidation sites excluding steroid dienone is 1. The van der Waals surface area contributed by atoms with Crippen LogP contribution < -0.4 is 0 Å². The predicted octanol–water partition coefficient (Wildman–Crippen LogP) is 13.3. The number of rotatable bonds is 5. The molecule has 1 aromatic heterocycles. The zero-order chi connectivity index (χ0) is 32.2. The first kappa shape index (κ1) is 28.1. The molecular weight excluding hydrogens is 579 g/mol. The van der Waals surface area contributed by atoms with Crippen molar-refractivity contribution < 1.29 is 0 Å². The molecule has 1 nitrogen and oxygen atoms in total. The molecule has 0 saturated heterocycles. The summed E-state index contributed by atoms with van der Waals surface area (Å²) in [5, 5.41) is 10.00. The molecular formula is C47H33N. The smallest absolute Gasteiger partial charge is 0.0553 e. The van der Waals surface area contributed by atoms with Crippen LogP contribution in [-0.4, -0.2) is 4.57 Å². The molecule has 48 heavy (non-hydrogen) atoms. The molecule has 0 bridgehead atoms. The molecule has 8 aromatic carbocycles. The maximum absolute atomic E-state index is 4.32. The number of aromatic nitrogens is 1. The van der Waals surface area contributed by atoms with E-state index in [4.69, 9.17) is 0 Å². The van der Waals surface area contributed by atoms with Gasteiger partial charge in [-0.05, 0) is 96.9 Å². The summed E-state index contributed by atoms with van der Waals surface area (Å²) in [7, 11) is 0. The van der Waals surface area contributed by atoms with Gasteiger partial charge in [-0.25, -0.2) is 0 Å². The number of benzene rings is 8. The van der Waals surface area contributed by atoms with Gasteiger partial charge < -0.3 is 4.57 Å². The van der Waals surface area contributed by atoms with Crippen molar-refractivity contribution in [2.75, 3.05) is 0 Å². The largest absolute Gasteiger partial charge is 0.309 e. The normalized spacial score (nSPS) is 11.9. The van der Waals surface area contributed by atoms with Crippen LogP contribution in [0.5, 0.6) is 0 Å². The lowest BCUT2D eigenvalue weighted by molar-refractivity contribution is 1.18. The number of hydrogen-bond acceptors (Lipinski definition) is 0. The van der Waals surface area contributed by atoms with E-state index in [0.29, 0.717) is 0 Å². The van der Waals surface area contributed by atoms with Crippen molar-refractivity contribution in [2.24, 2.45) is 0 Å². The third-order valence-electron chi connectivity index (χ3n) is 9.84. The fraction of sp³-hybridized carbons (Fsp3) is 0.0213. The average molecular weight is 612 g/mol. The number of hydrogen-bond donors (Lipinski definition) is 0. The van der Waals surface area contributed by atoms with Gasteiger partial charge in [0.05, 0.1) is 11.0 Å². The molecule has 9 rings (SSSR count). The molecule has 0 atom stereocenters. The maximum atomic E-state index is 4.32. The van der Waals surface area contributed by atoms with Crippen LogP contribution in [0.4, 0.5) is 0 Å². The van der Waals surface area contributed by atoms with Crippen LogP contribution in [0.15, 0.2) is 164 Å². The van der Waals surface area contributed by atoms with Crippen molar-refractivity contribution in [3.05, 3.63) is 175 Å². The highest BCUT2D eigenvalue weighted by Crippen LogP contribution is 2.48. The van der Waals surface area contributed by atoms with E-state index in [1.807, 2.05) is 6.08 Å². The van der Waals surface area contributed by atoms with Gasteiger partial charge in [0.15, 0.2) is 0 Å². The first-order valence-electron chi connectivity index (χ1n) is 16.6. The second-order valence-corrected chi connectivity index (χ2v) is 12.4. The molecule has 0 aliphatic carbocycles. The Labute approximate surface area is 280 Å². The highest BCUT2D eigenvalue weighted by atomic mass is 15.0. The minimum atomic E-state index is 1.14. The van der Waals surface area contributed by atoms with Crippen LogP contribution in [0.25, 0.3) is 94.2 Å². The molecule has 0 amide bonds. The molecule has 226 valence electrons. The molecule has 9 aromatic rings. The van der Waals surface area contributed by atoms with E-state index in [-0.39, 0.29) is 0 Å². The van der Waals surface area contributed by atoms with Gasteiger partial charge in [-0.2, -0.15) is 0 Å². The first-order chi connectivity index (χ1) is 23.8. The third-order valence-corrected chi connectivity index (χ3v) is 9.84. The van der Waals surface area contributed by atoms with Crippen LogP contribution in [0.3, 0.4) is 0 Å². The van der Waals surface area contributed by atoms with E-state index in [0.717, 1.165) is 11.3 Å². The predicted molar refractivity (Wildman–Crippen MR) is 209 cm³/mol. The molecule has 0 radical (unpaired) electrons. The van der Waals surface area contributed by atoms with Crippen molar-refractivity contribution in [2.45, 2.75) is 6.92 Å². The van der Waals surface area contributed by atoms with Gasteiger partial charge in [-0.3, -0.25) is 0 Å². The summed E-state index contributed by atoms with van der Waals surface area (Å²) in [5.41, 5.74) is 10.8. The standard InChI is InChI=1S/C47H33N/c1-3-17-31-28-29-42-46(34(31)4-2)47-36-23-12-11-22-35(36)41(30-43(47)48(42)33-20-9-6-10-21-33)45-39-26-15-13-24-37(39)44(32-18-7-5-8-19-32)38-25-14-16-27-40(38)45/h3-30H,2H2,1H3/b17-3-. The summed E-state index contributed by atoms with van der Waals surface area (Å²) in [5.74, 6) is 0. The monoisotopic (exact) mass is 611 g/mol. The summed E-state index contributed by atoms with van der Waals surface area (Å²) in [4.78, 5) is 0. The summed E-state index contributed by atoms with van der Waals surface area (Å²) < 4.78 is 2.44. The molecule has 0 saturated carbocycles. The lowest BCUT2D eigenvalue weighted by Gasteiger charge is -2.19. The van der Waals surface area contributed by atoms with Crippen molar-refractivity contribution in [1.82, 2.24) is 4.57 Å². The summed E-state index contributed by atoms with van der Waals surface area (Å²) in [6, 6.07) is 55.3. The second-order valence-electron chi connectivity index (χ2n) is 12.4. The lowest BCUT2D eigenvalue weighted by atomic mass is 9.84. The quantitative estimate of drug-likeness (QED) is 0.171. The SMILES string of the molecule is C=Cc1c(/C=C\C)ccc2c1c1c3ccccc3c(-c3c4ccccc4c(-c4ccccc4)c4ccccc34)cc1n2-c1ccccc1. The zero-order valence-electron chi connectivity index (χ0n) is 26.8. The van der Waals surface area contributed by atoms with Crippen LogP contribution >= 0.6 is 0 Å². The van der Waals surface area contributed by atoms with Gasteiger partial charge in [-0.1, -0.05) is 152 Å². The Balaban J connectivity index is 1.52. The van der Waals surface area contributed by atoms with E-state index in [1.54, 1.807) is 0 Å². The summed E-state index contributed by atoms with van der Waals surface area (Å²) in [6.07, 6.45) is 6.32. The molecule has 0 aliphatic rings. The number of para-hydroxylation sites is 1. The van der Waals surface area contributed by atoms with E-state index in [2.05, 4.69) is 182 Å². The Morgan fingerprint density at radius 2 is 1.04 bits per heavy atom. The molecule has 0 unspecified atom stereocenters. The topological polar surface area (TPSA) is 4.93 Å². The van der Waals surface area contributed by atoms with Crippen LogP contribution in [0.2, 0.25) is 0 Å². The Morgan fingerprint density at radius 3 is 1.65 bits per heavy atom. The van der Waals surface area contributed by atoms with E-state index in [1.165, 1.54) is 81.9 Å². The Hall–Kier alpha value is -6.18. The van der Waals surface area contributed by atoms with Gasteiger partial charge in [0.2, 0.25) is 0 Å². The highest BCUT2D eigenvalue weighted by Gasteiger charge is 2.23. The molecule has 1 heteroatoms. The fourth-order valence-electron chi connectivity index (χ4n) is 7.94. The van der Waals surface area contributed by atoms with Crippen molar-refractivity contribution in [3.63, 3.8) is 0 Å². The molecule has 0 N–H and O–H groups in total. The van der Waals surface area contributed by atoms with Gasteiger partial charge in [-0.15, -0.1) is 0 Å². The molecule has 1 heterocycles. The maximum Gasteiger partial charge on any atom is 0.0553 e. The lowest BCUT2D eigenvalue weighted by Crippen LogP contribution is -1.95. The first-order valence-corrected chi connectivity index (χ1v) is 16.6. The Morgan fingerprint density at radius 1 is 0.500 bits per heavy atom. The zero-order valence-corrected chi connectivity index (χ0v) is 26.8. The van der Waals surface area contributed by atoms with Crippen LogP contribution in [-0.2, 0) is 0 Å². The van der Waals surface area contributed by atoms with Crippen LogP contribution in [0, 0.1) is 0 Å². The highest BCUT2D eigenvalue weighted by molar-refractivity contribution is 6.30.